The van der Waals surface area contributed by atoms with Crippen LogP contribution in [0.25, 0.3) is 20.5 Å². The van der Waals surface area contributed by atoms with Crippen LogP contribution in [0.1, 0.15) is 54.4 Å². The van der Waals surface area contributed by atoms with Crippen LogP contribution >= 0.6 is 30.3 Å². The van der Waals surface area contributed by atoms with Gasteiger partial charge >= 0.3 is 13.3 Å². The lowest BCUT2D eigenvalue weighted by molar-refractivity contribution is -0.140. The minimum Gasteiger partial charge on any atom is -0.339 e. The molecule has 3 heterocycles. The second kappa shape index (κ2) is 12.6. The van der Waals surface area contributed by atoms with Gasteiger partial charge in [0.2, 0.25) is 11.8 Å². The molecule has 46 heavy (non-hydrogen) atoms. The van der Waals surface area contributed by atoms with E-state index in [-0.39, 0.29) is 16.2 Å². The summed E-state index contributed by atoms with van der Waals surface area (Å²) in [6.07, 6.45) is 2.72. The number of nitrogens with one attached hydrogen (secondary N) is 2. The smallest absolute Gasteiger partial charge is 0.339 e. The molecule has 1 fully saturated rings. The summed E-state index contributed by atoms with van der Waals surface area (Å²) in [6, 6.07) is 10.6. The number of halogens is 2. The third kappa shape index (κ3) is 6.91. The maximum atomic E-state index is 14.3. The minimum atomic E-state index is -5.77. The van der Waals surface area contributed by atoms with Crippen molar-refractivity contribution in [3.8, 4) is 10.4 Å². The quantitative estimate of drug-likeness (QED) is 0.158. The minimum absolute atomic E-state index is 0.123. The first-order valence-electron chi connectivity index (χ1n) is 14.4. The van der Waals surface area contributed by atoms with E-state index >= 15 is 0 Å². The van der Waals surface area contributed by atoms with Gasteiger partial charge in [-0.1, -0.05) is 68.0 Å². The third-order valence-electron chi connectivity index (χ3n) is 7.75. The Balaban J connectivity index is 1.31. The molecule has 1 aliphatic heterocycles. The highest BCUT2D eigenvalue weighted by atomic mass is 32.1. The molecule has 10 nitrogen and oxygen atoms in total. The number of likely N-dealkylation sites (tertiary alicyclic amines) is 1. The molecular formula is C31H33F2N4O6PS2. The lowest BCUT2D eigenvalue weighted by Crippen LogP contribution is -2.57. The Labute approximate surface area is 272 Å². The summed E-state index contributed by atoms with van der Waals surface area (Å²) in [6.45, 7) is 7.67. The number of nitrogens with zero attached hydrogens (tertiary/aromatic N) is 2. The van der Waals surface area contributed by atoms with E-state index in [4.69, 9.17) is 9.79 Å². The molecule has 2 aromatic heterocycles. The van der Waals surface area contributed by atoms with Crippen molar-refractivity contribution in [2.45, 2.75) is 58.3 Å². The van der Waals surface area contributed by atoms with Gasteiger partial charge in [0.25, 0.3) is 5.91 Å². The molecule has 4 aromatic rings. The number of fused-ring (bicyclic) bond motifs is 1. The van der Waals surface area contributed by atoms with E-state index in [1.807, 2.05) is 31.2 Å². The summed E-state index contributed by atoms with van der Waals surface area (Å²) >= 11 is 2.32. The Morgan fingerprint density at radius 2 is 1.76 bits per heavy atom. The van der Waals surface area contributed by atoms with Crippen LogP contribution in [-0.2, 0) is 19.8 Å². The van der Waals surface area contributed by atoms with Crippen LogP contribution in [0.2, 0.25) is 0 Å². The number of thiazole rings is 1. The predicted octanol–water partition coefficient (Wildman–Crippen LogP) is 6.33. The molecule has 2 unspecified atom stereocenters. The third-order valence-corrected chi connectivity index (χ3v) is 10.8. The average molecular weight is 691 g/mol. The van der Waals surface area contributed by atoms with Crippen molar-refractivity contribution in [1.29, 1.82) is 0 Å². The predicted molar refractivity (Wildman–Crippen MR) is 174 cm³/mol. The Kier molecular flexibility index (Phi) is 9.24. The topological polar surface area (TPSA) is 149 Å². The molecule has 15 heteroatoms. The van der Waals surface area contributed by atoms with Gasteiger partial charge in [-0.05, 0) is 54.3 Å². The normalized spacial score (nSPS) is 16.4. The van der Waals surface area contributed by atoms with Crippen molar-refractivity contribution < 1.29 is 37.5 Å². The van der Waals surface area contributed by atoms with E-state index in [2.05, 4.69) is 15.6 Å². The summed E-state index contributed by atoms with van der Waals surface area (Å²) in [5.41, 5.74) is -3.92. The number of rotatable bonds is 8. The van der Waals surface area contributed by atoms with Gasteiger partial charge in [-0.25, -0.2) is 4.98 Å². The monoisotopic (exact) mass is 690 g/mol. The molecule has 1 aliphatic rings. The fourth-order valence-electron chi connectivity index (χ4n) is 5.20. The Bertz CT molecular complexity index is 1850. The summed E-state index contributed by atoms with van der Waals surface area (Å²) in [4.78, 5) is 65.7. The highest BCUT2D eigenvalue weighted by Crippen LogP contribution is 2.59. The van der Waals surface area contributed by atoms with Crippen molar-refractivity contribution in [2.24, 2.45) is 5.41 Å². The molecule has 244 valence electrons. The molecule has 0 saturated carbocycles. The fraction of sp³-hybridized carbons (Fsp3) is 0.355. The maximum Gasteiger partial charge on any atom is 0.399 e. The standard InChI is InChI=1S/C31H33F2N4O6PS2/c1-17-7-9-18(10-8-17)24-16-34-29(46-24)36-26(38)21-6-5-13-37(21)28(40)25(30(2,3)4)35-27(39)23-15-19-14-20(11-12-22(19)45-23)31(32,33)44(41,42)43/h7-12,14-16,21,25H,5-6,13H2,1-4H3,(H,35,39)(H,34,36,38)(H2,41,42,43). The van der Waals surface area contributed by atoms with Gasteiger partial charge in [0.1, 0.15) is 12.1 Å². The number of aromatic nitrogens is 1. The second-order valence-electron chi connectivity index (χ2n) is 12.3. The van der Waals surface area contributed by atoms with Gasteiger partial charge in [0, 0.05) is 23.0 Å². The highest BCUT2D eigenvalue weighted by Gasteiger charge is 2.50. The van der Waals surface area contributed by atoms with Crippen molar-refractivity contribution in [3.63, 3.8) is 0 Å². The van der Waals surface area contributed by atoms with E-state index in [1.165, 1.54) is 28.4 Å². The largest absolute Gasteiger partial charge is 0.399 e. The Morgan fingerprint density at radius 1 is 1.07 bits per heavy atom. The van der Waals surface area contributed by atoms with Crippen molar-refractivity contribution in [1.82, 2.24) is 15.2 Å². The first kappa shape index (κ1) is 33.8. The number of carbonyl (C=O) groups excluding carboxylic acids is 3. The van der Waals surface area contributed by atoms with Crippen LogP contribution in [-0.4, -0.2) is 56.0 Å². The lowest BCUT2D eigenvalue weighted by atomic mass is 9.85. The van der Waals surface area contributed by atoms with Crippen LogP contribution in [0.3, 0.4) is 0 Å². The zero-order chi connectivity index (χ0) is 33.6. The number of anilines is 1. The zero-order valence-electron chi connectivity index (χ0n) is 25.4. The molecule has 3 amide bonds. The summed E-state index contributed by atoms with van der Waals surface area (Å²) in [7, 11) is -5.77. The first-order valence-corrected chi connectivity index (χ1v) is 17.6. The molecule has 2 aromatic carbocycles. The number of carbonyl (C=O) groups is 3. The van der Waals surface area contributed by atoms with Crippen molar-refractivity contribution >= 4 is 63.2 Å². The van der Waals surface area contributed by atoms with Crippen molar-refractivity contribution in [2.75, 3.05) is 11.9 Å². The van der Waals surface area contributed by atoms with Gasteiger partial charge in [-0.15, -0.1) is 11.3 Å². The number of alkyl halides is 2. The summed E-state index contributed by atoms with van der Waals surface area (Å²) in [5, 5.41) is 6.23. The van der Waals surface area contributed by atoms with E-state index in [1.54, 1.807) is 27.0 Å². The van der Waals surface area contributed by atoms with Crippen LogP contribution in [0.15, 0.2) is 54.7 Å². The van der Waals surface area contributed by atoms with Gasteiger partial charge in [-0.3, -0.25) is 18.9 Å². The fourth-order valence-corrected chi connectivity index (χ4v) is 7.45. The molecule has 5 rings (SSSR count). The lowest BCUT2D eigenvalue weighted by Gasteiger charge is -2.35. The average Bonchev–Trinajstić information content (AvgIpc) is 3.74. The number of thiophene rings is 1. The number of hydrogen-bond donors (Lipinski definition) is 4. The molecule has 4 N–H and O–H groups in total. The molecule has 0 radical (unpaired) electrons. The highest BCUT2D eigenvalue weighted by molar-refractivity contribution is 7.52. The first-order chi connectivity index (χ1) is 21.5. The Morgan fingerprint density at radius 3 is 2.41 bits per heavy atom. The second-order valence-corrected chi connectivity index (χ2v) is 16.1. The van der Waals surface area contributed by atoms with E-state index < -0.39 is 48.1 Å². The number of hydrogen-bond acceptors (Lipinski definition) is 7. The van der Waals surface area contributed by atoms with Crippen LogP contribution in [0, 0.1) is 12.3 Å². The molecular weight excluding hydrogens is 657 g/mol. The maximum absolute atomic E-state index is 14.3. The van der Waals surface area contributed by atoms with E-state index in [0.29, 0.717) is 29.2 Å². The van der Waals surface area contributed by atoms with Gasteiger partial charge < -0.3 is 25.3 Å². The van der Waals surface area contributed by atoms with Crippen LogP contribution in [0.4, 0.5) is 13.9 Å². The van der Waals surface area contributed by atoms with Gasteiger partial charge in [0.05, 0.1) is 9.75 Å². The molecule has 0 spiro atoms. The zero-order valence-corrected chi connectivity index (χ0v) is 27.9. The van der Waals surface area contributed by atoms with Crippen molar-refractivity contribution in [3.05, 3.63) is 70.7 Å². The summed E-state index contributed by atoms with van der Waals surface area (Å²) in [5.74, 6) is -1.42. The Hall–Kier alpha value is -3.55. The van der Waals surface area contributed by atoms with Crippen LogP contribution < -0.4 is 10.6 Å². The number of aryl methyl sites for hydroxylation is 1. The molecule has 1 saturated heterocycles. The van der Waals surface area contributed by atoms with Gasteiger partial charge in [-0.2, -0.15) is 8.78 Å². The number of benzene rings is 2. The van der Waals surface area contributed by atoms with E-state index in [9.17, 15) is 27.7 Å². The SMILES string of the molecule is Cc1ccc(-c2cnc(NC(=O)C3CCCN3C(=O)C(NC(=O)c3cc4cc(C(F)(F)P(=O)(O)O)ccc4s3)C(C)(C)C)s2)cc1. The molecule has 2 atom stereocenters. The number of amides is 3. The van der Waals surface area contributed by atoms with Crippen LogP contribution in [0.5, 0.6) is 0 Å². The molecule has 0 bridgehead atoms. The van der Waals surface area contributed by atoms with E-state index in [0.717, 1.165) is 39.5 Å². The summed E-state index contributed by atoms with van der Waals surface area (Å²) < 4.78 is 40.3. The molecule has 0 aliphatic carbocycles. The van der Waals surface area contributed by atoms with Gasteiger partial charge in [0.15, 0.2) is 5.13 Å².